The van der Waals surface area contributed by atoms with Crippen LogP contribution in [0.15, 0.2) is 18.6 Å². The highest BCUT2D eigenvalue weighted by Gasteiger charge is 2.16. The van der Waals surface area contributed by atoms with Crippen LogP contribution in [0.5, 0.6) is 0 Å². The molecule has 0 bridgehead atoms. The van der Waals surface area contributed by atoms with Crippen LogP contribution in [0.3, 0.4) is 0 Å². The zero-order valence-corrected chi connectivity index (χ0v) is 11.1. The van der Waals surface area contributed by atoms with Crippen molar-refractivity contribution in [2.24, 2.45) is 0 Å². The number of nitrogens with one attached hydrogen (secondary N) is 2. The molecule has 0 spiro atoms. The monoisotopic (exact) mass is 261 g/mol. The summed E-state index contributed by atoms with van der Waals surface area (Å²) < 4.78 is 7.48. The number of fused-ring (bicyclic) bond motifs is 1. The fourth-order valence-corrected chi connectivity index (χ4v) is 2.34. The fourth-order valence-electron chi connectivity index (χ4n) is 2.34. The molecule has 0 aliphatic carbocycles. The Hall–Kier alpha value is -1.82. The maximum absolute atomic E-state index is 5.49. The Labute approximate surface area is 112 Å². The Morgan fingerprint density at radius 1 is 1.53 bits per heavy atom. The van der Waals surface area contributed by atoms with Gasteiger partial charge in [0.25, 0.3) is 0 Å². The van der Waals surface area contributed by atoms with Crippen LogP contribution in [0.4, 0.5) is 11.6 Å². The number of anilines is 2. The van der Waals surface area contributed by atoms with Crippen molar-refractivity contribution in [1.82, 2.24) is 14.4 Å². The van der Waals surface area contributed by atoms with E-state index in [1.54, 1.807) is 6.20 Å². The summed E-state index contributed by atoms with van der Waals surface area (Å²) in [6.07, 6.45) is 7.87. The van der Waals surface area contributed by atoms with Crippen LogP contribution >= 0.6 is 0 Å². The summed E-state index contributed by atoms with van der Waals surface area (Å²) in [5, 5.41) is 6.69. The van der Waals surface area contributed by atoms with Gasteiger partial charge in [-0.15, -0.1) is 0 Å². The molecule has 19 heavy (non-hydrogen) atoms. The summed E-state index contributed by atoms with van der Waals surface area (Å²) >= 11 is 0. The molecule has 102 valence electrons. The van der Waals surface area contributed by atoms with E-state index in [2.05, 4.69) is 27.5 Å². The van der Waals surface area contributed by atoms with Crippen LogP contribution < -0.4 is 10.6 Å². The molecule has 1 aliphatic rings. The second-order valence-electron chi connectivity index (χ2n) is 4.72. The molecule has 2 aromatic rings. The lowest BCUT2D eigenvalue weighted by Gasteiger charge is -2.24. The lowest BCUT2D eigenvalue weighted by Crippen LogP contribution is -2.30. The minimum absolute atomic E-state index is 0.318. The zero-order chi connectivity index (χ0) is 13.1. The van der Waals surface area contributed by atoms with Crippen LogP contribution in [-0.2, 0) is 4.74 Å². The Balaban J connectivity index is 1.88. The van der Waals surface area contributed by atoms with Gasteiger partial charge in [-0.3, -0.25) is 0 Å². The van der Waals surface area contributed by atoms with Gasteiger partial charge in [-0.1, -0.05) is 0 Å². The van der Waals surface area contributed by atoms with Crippen LogP contribution in [-0.4, -0.2) is 40.2 Å². The molecule has 6 heteroatoms. The largest absolute Gasteiger partial charge is 0.379 e. The number of rotatable bonds is 4. The first kappa shape index (κ1) is 12.2. The molecule has 1 atom stereocenters. The number of aromatic nitrogens is 3. The van der Waals surface area contributed by atoms with E-state index in [1.807, 2.05) is 16.8 Å². The second-order valence-corrected chi connectivity index (χ2v) is 4.72. The molecule has 6 nitrogen and oxygen atoms in total. The van der Waals surface area contributed by atoms with Crippen molar-refractivity contribution in [3.63, 3.8) is 0 Å². The number of hydrogen-bond acceptors (Lipinski definition) is 5. The number of ether oxygens (including phenoxy) is 1. The molecule has 3 heterocycles. The third kappa shape index (κ3) is 2.63. The molecule has 1 saturated heterocycles. The van der Waals surface area contributed by atoms with E-state index in [0.717, 1.165) is 49.9 Å². The summed E-state index contributed by atoms with van der Waals surface area (Å²) in [4.78, 5) is 8.95. The molecule has 0 aromatic carbocycles. The van der Waals surface area contributed by atoms with Gasteiger partial charge < -0.3 is 19.8 Å². The average Bonchev–Trinajstić information content (AvgIpc) is 2.89. The Morgan fingerprint density at radius 3 is 3.26 bits per heavy atom. The molecule has 1 fully saturated rings. The Bertz CT molecular complexity index is 547. The van der Waals surface area contributed by atoms with Gasteiger partial charge in [-0.2, -0.15) is 0 Å². The Kier molecular flexibility index (Phi) is 3.50. The summed E-state index contributed by atoms with van der Waals surface area (Å²) in [6.45, 7) is 4.50. The molecule has 0 saturated carbocycles. The maximum Gasteiger partial charge on any atom is 0.180 e. The van der Waals surface area contributed by atoms with Gasteiger partial charge >= 0.3 is 0 Å². The first-order valence-electron chi connectivity index (χ1n) is 6.78. The summed E-state index contributed by atoms with van der Waals surface area (Å²) in [7, 11) is 0. The van der Waals surface area contributed by atoms with Crippen molar-refractivity contribution >= 4 is 17.3 Å². The van der Waals surface area contributed by atoms with E-state index in [4.69, 9.17) is 4.74 Å². The van der Waals surface area contributed by atoms with Crippen molar-refractivity contribution in [2.75, 3.05) is 30.4 Å². The first-order chi connectivity index (χ1) is 9.36. The Morgan fingerprint density at radius 2 is 2.47 bits per heavy atom. The SMILES string of the molecule is CCNc1cn2ccnc2c(NC2CCCOC2)n1. The first-order valence-corrected chi connectivity index (χ1v) is 6.78. The van der Waals surface area contributed by atoms with Crippen LogP contribution in [0, 0.1) is 0 Å². The van der Waals surface area contributed by atoms with Gasteiger partial charge in [-0.25, -0.2) is 9.97 Å². The number of hydrogen-bond donors (Lipinski definition) is 2. The van der Waals surface area contributed by atoms with Gasteiger partial charge in [0, 0.05) is 25.5 Å². The van der Waals surface area contributed by atoms with Crippen molar-refractivity contribution in [1.29, 1.82) is 0 Å². The maximum atomic E-state index is 5.49. The lowest BCUT2D eigenvalue weighted by molar-refractivity contribution is 0.0875. The van der Waals surface area contributed by atoms with E-state index in [-0.39, 0.29) is 0 Å². The van der Waals surface area contributed by atoms with Crippen molar-refractivity contribution in [3.05, 3.63) is 18.6 Å². The zero-order valence-electron chi connectivity index (χ0n) is 11.1. The van der Waals surface area contributed by atoms with Gasteiger partial charge in [0.15, 0.2) is 11.5 Å². The fraction of sp³-hybridized carbons (Fsp3) is 0.538. The molecule has 2 aromatic heterocycles. The van der Waals surface area contributed by atoms with Gasteiger partial charge in [0.2, 0.25) is 0 Å². The minimum atomic E-state index is 0.318. The van der Waals surface area contributed by atoms with E-state index < -0.39 is 0 Å². The van der Waals surface area contributed by atoms with E-state index in [9.17, 15) is 0 Å². The van der Waals surface area contributed by atoms with Crippen molar-refractivity contribution in [2.45, 2.75) is 25.8 Å². The van der Waals surface area contributed by atoms with Crippen LogP contribution in [0.25, 0.3) is 5.65 Å². The number of nitrogens with zero attached hydrogens (tertiary/aromatic N) is 3. The highest BCUT2D eigenvalue weighted by atomic mass is 16.5. The molecule has 0 amide bonds. The molecule has 1 aliphatic heterocycles. The predicted octanol–water partition coefficient (Wildman–Crippen LogP) is 1.75. The summed E-state index contributed by atoms with van der Waals surface area (Å²) in [6, 6.07) is 0.318. The van der Waals surface area contributed by atoms with Crippen LogP contribution in [0.2, 0.25) is 0 Å². The van der Waals surface area contributed by atoms with Gasteiger partial charge in [0.1, 0.15) is 5.82 Å². The third-order valence-corrected chi connectivity index (χ3v) is 3.23. The molecular formula is C13H19N5O. The normalized spacial score (nSPS) is 19.5. The van der Waals surface area contributed by atoms with E-state index in [0.29, 0.717) is 6.04 Å². The highest BCUT2D eigenvalue weighted by molar-refractivity contribution is 5.65. The molecule has 2 N–H and O–H groups in total. The highest BCUT2D eigenvalue weighted by Crippen LogP contribution is 2.19. The molecule has 3 rings (SSSR count). The van der Waals surface area contributed by atoms with E-state index in [1.165, 1.54) is 0 Å². The molecule has 0 radical (unpaired) electrons. The topological polar surface area (TPSA) is 63.5 Å². The molecular weight excluding hydrogens is 242 g/mol. The van der Waals surface area contributed by atoms with Gasteiger partial charge in [-0.05, 0) is 19.8 Å². The predicted molar refractivity (Wildman–Crippen MR) is 74.6 cm³/mol. The van der Waals surface area contributed by atoms with Crippen molar-refractivity contribution < 1.29 is 4.74 Å². The summed E-state index contributed by atoms with van der Waals surface area (Å²) in [5.74, 6) is 1.67. The standard InChI is InChI=1S/C13H19N5O/c1-2-14-11-8-18-6-5-15-13(18)12(17-11)16-10-4-3-7-19-9-10/h5-6,8,10,14H,2-4,7,9H2,1H3,(H,16,17). The smallest absolute Gasteiger partial charge is 0.180 e. The second kappa shape index (κ2) is 5.44. The van der Waals surface area contributed by atoms with E-state index >= 15 is 0 Å². The van der Waals surface area contributed by atoms with Gasteiger partial charge in [0.05, 0.1) is 18.8 Å². The third-order valence-electron chi connectivity index (χ3n) is 3.23. The molecule has 1 unspecified atom stereocenters. The summed E-state index contributed by atoms with van der Waals surface area (Å²) in [5.41, 5.74) is 0.854. The average molecular weight is 261 g/mol. The quantitative estimate of drug-likeness (QED) is 0.878. The van der Waals surface area contributed by atoms with Crippen LogP contribution in [0.1, 0.15) is 19.8 Å². The number of imidazole rings is 1. The lowest BCUT2D eigenvalue weighted by atomic mass is 10.1. The van der Waals surface area contributed by atoms with Crippen molar-refractivity contribution in [3.8, 4) is 0 Å². The minimum Gasteiger partial charge on any atom is -0.379 e.